The lowest BCUT2D eigenvalue weighted by molar-refractivity contribution is -0.385. The molecule has 0 saturated carbocycles. The number of aromatic nitrogens is 2. The molecule has 0 saturated heterocycles. The Balaban J connectivity index is 2.20. The van der Waals surface area contributed by atoms with Crippen molar-refractivity contribution in [3.8, 4) is 0 Å². The summed E-state index contributed by atoms with van der Waals surface area (Å²) < 4.78 is 0.340. The number of hydrogen-bond donors (Lipinski definition) is 1. The van der Waals surface area contributed by atoms with E-state index in [1.54, 1.807) is 19.4 Å². The van der Waals surface area contributed by atoms with Crippen molar-refractivity contribution >= 4 is 27.5 Å². The van der Waals surface area contributed by atoms with Crippen LogP contribution in [0.4, 0.5) is 5.69 Å². The molecule has 0 spiro atoms. The second kappa shape index (κ2) is 5.83. The van der Waals surface area contributed by atoms with Crippen LogP contribution >= 0.6 is 15.9 Å². The maximum Gasteiger partial charge on any atom is 0.284 e. The summed E-state index contributed by atoms with van der Waals surface area (Å²) in [6, 6.07) is 4.29. The Bertz CT molecular complexity index is 642. The van der Waals surface area contributed by atoms with Gasteiger partial charge in [-0.25, -0.2) is 4.98 Å². The van der Waals surface area contributed by atoms with E-state index in [4.69, 9.17) is 0 Å². The summed E-state index contributed by atoms with van der Waals surface area (Å²) in [6.45, 7) is 0.301. The van der Waals surface area contributed by atoms with E-state index in [-0.39, 0.29) is 17.2 Å². The number of amides is 1. The van der Waals surface area contributed by atoms with E-state index >= 15 is 0 Å². The average Bonchev–Trinajstić information content (AvgIpc) is 2.91. The molecule has 20 heavy (non-hydrogen) atoms. The Morgan fingerprint density at radius 1 is 1.55 bits per heavy atom. The maximum atomic E-state index is 12.2. The summed E-state index contributed by atoms with van der Waals surface area (Å²) >= 11 is 3.08. The van der Waals surface area contributed by atoms with E-state index in [1.807, 2.05) is 0 Å². The quantitative estimate of drug-likeness (QED) is 0.684. The van der Waals surface area contributed by atoms with Gasteiger partial charge >= 0.3 is 0 Å². The summed E-state index contributed by atoms with van der Waals surface area (Å²) in [6.07, 6.45) is 3.26. The molecule has 2 aromatic rings. The van der Waals surface area contributed by atoms with Gasteiger partial charge in [-0.05, 0) is 28.1 Å². The van der Waals surface area contributed by atoms with E-state index in [2.05, 4.69) is 25.9 Å². The molecular formula is C12H11BrN4O3. The molecule has 1 amide bonds. The van der Waals surface area contributed by atoms with Gasteiger partial charge in [0.05, 0.1) is 15.9 Å². The molecule has 0 bridgehead atoms. The highest BCUT2D eigenvalue weighted by atomic mass is 79.9. The number of benzene rings is 1. The molecule has 0 aliphatic heterocycles. The smallest absolute Gasteiger partial charge is 0.284 e. The van der Waals surface area contributed by atoms with E-state index in [0.717, 1.165) is 0 Å². The fraction of sp³-hybridized carbons (Fsp3) is 0.167. The lowest BCUT2D eigenvalue weighted by Gasteiger charge is -2.15. The highest BCUT2D eigenvalue weighted by Gasteiger charge is 2.18. The predicted molar refractivity (Wildman–Crippen MR) is 75.2 cm³/mol. The molecule has 0 unspecified atom stereocenters. The Labute approximate surface area is 122 Å². The second-order valence-electron chi connectivity index (χ2n) is 4.12. The monoisotopic (exact) mass is 338 g/mol. The fourth-order valence-electron chi connectivity index (χ4n) is 1.69. The van der Waals surface area contributed by atoms with Gasteiger partial charge in [0.25, 0.3) is 11.6 Å². The average molecular weight is 339 g/mol. The van der Waals surface area contributed by atoms with Crippen LogP contribution in [0.25, 0.3) is 0 Å². The number of hydrogen-bond acceptors (Lipinski definition) is 4. The van der Waals surface area contributed by atoms with Gasteiger partial charge in [0.2, 0.25) is 0 Å². The standard InChI is InChI=1S/C12H11BrN4O3/c1-16(7-11-14-4-5-15-11)12(18)8-2-3-9(13)10(6-8)17(19)20/h2-6H,7H2,1H3,(H,14,15). The lowest BCUT2D eigenvalue weighted by Crippen LogP contribution is -2.26. The van der Waals surface area contributed by atoms with Gasteiger partial charge in [0.15, 0.2) is 0 Å². The van der Waals surface area contributed by atoms with Crippen molar-refractivity contribution in [1.82, 2.24) is 14.9 Å². The van der Waals surface area contributed by atoms with Crippen molar-refractivity contribution in [3.05, 3.63) is 56.6 Å². The minimum absolute atomic E-state index is 0.137. The lowest BCUT2D eigenvalue weighted by atomic mass is 10.2. The number of carbonyl (C=O) groups is 1. The van der Waals surface area contributed by atoms with Crippen molar-refractivity contribution in [2.45, 2.75) is 6.54 Å². The highest BCUT2D eigenvalue weighted by molar-refractivity contribution is 9.10. The van der Waals surface area contributed by atoms with Gasteiger partial charge in [-0.2, -0.15) is 0 Å². The van der Waals surface area contributed by atoms with E-state index < -0.39 is 4.92 Å². The highest BCUT2D eigenvalue weighted by Crippen LogP contribution is 2.26. The first kappa shape index (κ1) is 14.2. The third-order valence-corrected chi connectivity index (χ3v) is 3.35. The molecule has 7 nitrogen and oxygen atoms in total. The third-order valence-electron chi connectivity index (χ3n) is 2.68. The first-order valence-corrected chi connectivity index (χ1v) is 6.46. The summed E-state index contributed by atoms with van der Waals surface area (Å²) in [4.78, 5) is 30.9. The van der Waals surface area contributed by atoms with Gasteiger partial charge in [0, 0.05) is 31.1 Å². The second-order valence-corrected chi connectivity index (χ2v) is 4.97. The number of nitrogens with zero attached hydrogens (tertiary/aromatic N) is 3. The maximum absolute atomic E-state index is 12.2. The molecule has 0 fully saturated rings. The number of nitro benzene ring substituents is 1. The van der Waals surface area contributed by atoms with Crippen LogP contribution in [0.1, 0.15) is 16.2 Å². The van der Waals surface area contributed by atoms with Gasteiger partial charge in [-0.1, -0.05) is 0 Å². The van der Waals surface area contributed by atoms with Crippen molar-refractivity contribution in [2.24, 2.45) is 0 Å². The number of rotatable bonds is 4. The van der Waals surface area contributed by atoms with E-state index in [1.165, 1.54) is 23.1 Å². The number of halogens is 1. The molecule has 2 rings (SSSR count). The van der Waals surface area contributed by atoms with Gasteiger partial charge in [0.1, 0.15) is 5.82 Å². The van der Waals surface area contributed by atoms with Crippen LogP contribution in [0.3, 0.4) is 0 Å². The van der Waals surface area contributed by atoms with Crippen LogP contribution in [0.15, 0.2) is 35.1 Å². The Morgan fingerprint density at radius 2 is 2.30 bits per heavy atom. The molecule has 0 radical (unpaired) electrons. The number of H-pyrrole nitrogens is 1. The Hall–Kier alpha value is -2.22. The van der Waals surface area contributed by atoms with Gasteiger partial charge in [-0.3, -0.25) is 14.9 Å². The van der Waals surface area contributed by atoms with Gasteiger partial charge in [-0.15, -0.1) is 0 Å². The molecule has 104 valence electrons. The van der Waals surface area contributed by atoms with Crippen LogP contribution in [-0.2, 0) is 6.54 Å². The minimum Gasteiger partial charge on any atom is -0.347 e. The number of carbonyl (C=O) groups excluding carboxylic acids is 1. The number of aromatic amines is 1. The summed E-state index contributed by atoms with van der Waals surface area (Å²) in [5, 5.41) is 10.9. The summed E-state index contributed by atoms with van der Waals surface area (Å²) in [5.41, 5.74) is 0.121. The van der Waals surface area contributed by atoms with Crippen LogP contribution in [0.2, 0.25) is 0 Å². The molecule has 0 aliphatic carbocycles. The molecular weight excluding hydrogens is 328 g/mol. The molecule has 1 heterocycles. The Morgan fingerprint density at radius 3 is 2.90 bits per heavy atom. The van der Waals surface area contributed by atoms with E-state index in [9.17, 15) is 14.9 Å². The normalized spacial score (nSPS) is 10.3. The largest absolute Gasteiger partial charge is 0.347 e. The molecule has 0 atom stereocenters. The molecule has 8 heteroatoms. The van der Waals surface area contributed by atoms with Crippen molar-refractivity contribution < 1.29 is 9.72 Å². The van der Waals surface area contributed by atoms with Crippen LogP contribution in [-0.4, -0.2) is 32.7 Å². The molecule has 1 aromatic carbocycles. The van der Waals surface area contributed by atoms with Crippen LogP contribution in [0, 0.1) is 10.1 Å². The zero-order chi connectivity index (χ0) is 14.7. The number of nitro groups is 1. The predicted octanol–water partition coefficient (Wildman–Crippen LogP) is 2.35. The Kier molecular flexibility index (Phi) is 4.14. The zero-order valence-corrected chi connectivity index (χ0v) is 12.1. The summed E-state index contributed by atoms with van der Waals surface area (Å²) in [5.74, 6) is 0.337. The van der Waals surface area contributed by atoms with E-state index in [0.29, 0.717) is 16.8 Å². The third kappa shape index (κ3) is 3.02. The first-order valence-electron chi connectivity index (χ1n) is 5.66. The van der Waals surface area contributed by atoms with Crippen molar-refractivity contribution in [2.75, 3.05) is 7.05 Å². The van der Waals surface area contributed by atoms with Crippen LogP contribution in [0.5, 0.6) is 0 Å². The molecule has 1 aromatic heterocycles. The first-order chi connectivity index (χ1) is 9.49. The van der Waals surface area contributed by atoms with Crippen molar-refractivity contribution in [1.29, 1.82) is 0 Å². The number of imidazole rings is 1. The van der Waals surface area contributed by atoms with Gasteiger partial charge < -0.3 is 9.88 Å². The molecule has 1 N–H and O–H groups in total. The number of nitrogens with one attached hydrogen (secondary N) is 1. The minimum atomic E-state index is -0.534. The van der Waals surface area contributed by atoms with Crippen LogP contribution < -0.4 is 0 Å². The SMILES string of the molecule is CN(Cc1ncc[nH]1)C(=O)c1ccc(Br)c([N+](=O)[O-])c1. The summed E-state index contributed by atoms with van der Waals surface area (Å²) in [7, 11) is 1.61. The zero-order valence-electron chi connectivity index (χ0n) is 10.5. The topological polar surface area (TPSA) is 92.1 Å². The van der Waals surface area contributed by atoms with Crippen molar-refractivity contribution in [3.63, 3.8) is 0 Å². The molecule has 0 aliphatic rings. The fourth-order valence-corrected chi connectivity index (χ4v) is 2.08.